The van der Waals surface area contributed by atoms with Crippen LogP contribution in [0, 0.1) is 11.8 Å². The van der Waals surface area contributed by atoms with Crippen molar-refractivity contribution < 1.29 is 14.7 Å². The smallest absolute Gasteiger partial charge is 0.227 e. The summed E-state index contributed by atoms with van der Waals surface area (Å²) in [5.74, 6) is -0.452. The Labute approximate surface area is 261 Å². The van der Waals surface area contributed by atoms with Crippen LogP contribution in [0.25, 0.3) is 22.5 Å². The van der Waals surface area contributed by atoms with Crippen molar-refractivity contribution in [1.29, 1.82) is 0 Å². The van der Waals surface area contributed by atoms with E-state index in [4.69, 9.17) is 0 Å². The van der Waals surface area contributed by atoms with E-state index in [1.54, 1.807) is 12.4 Å². The van der Waals surface area contributed by atoms with E-state index in [1.165, 1.54) is 0 Å². The number of pyridine rings is 2. The molecule has 2 aromatic heterocycles. The van der Waals surface area contributed by atoms with Gasteiger partial charge in [0.1, 0.15) is 0 Å². The molecule has 7 nitrogen and oxygen atoms in total. The van der Waals surface area contributed by atoms with Gasteiger partial charge in [-0.2, -0.15) is 0 Å². The van der Waals surface area contributed by atoms with Gasteiger partial charge in [0.05, 0.1) is 29.3 Å². The zero-order valence-corrected chi connectivity index (χ0v) is 26.1. The van der Waals surface area contributed by atoms with Crippen molar-refractivity contribution in [3.63, 3.8) is 0 Å². The molecule has 4 rings (SSSR count). The highest BCUT2D eigenvalue weighted by Gasteiger charge is 2.25. The maximum Gasteiger partial charge on any atom is 0.227 e. The predicted molar refractivity (Wildman–Crippen MR) is 176 cm³/mol. The molecule has 0 spiro atoms. The van der Waals surface area contributed by atoms with Crippen molar-refractivity contribution in [2.24, 2.45) is 11.8 Å². The first-order valence-electron chi connectivity index (χ1n) is 15.5. The zero-order chi connectivity index (χ0) is 31.5. The van der Waals surface area contributed by atoms with Gasteiger partial charge in [-0.3, -0.25) is 19.6 Å². The van der Waals surface area contributed by atoms with Crippen molar-refractivity contribution in [1.82, 2.24) is 20.6 Å². The third-order valence-corrected chi connectivity index (χ3v) is 7.57. The molecular weight excluding hydrogens is 548 g/mol. The van der Waals surface area contributed by atoms with E-state index in [0.29, 0.717) is 24.7 Å². The highest BCUT2D eigenvalue weighted by Crippen LogP contribution is 2.29. The number of benzene rings is 2. The highest BCUT2D eigenvalue weighted by atomic mass is 16.3. The van der Waals surface area contributed by atoms with Crippen molar-refractivity contribution in [2.75, 3.05) is 13.1 Å². The SMILES string of the molecule is CC(C)CC(C(=O)NCC(O)CNC(=O)C(CC(C)C)c1cccc(-c2ccccn2)c1)c1cccc(-c2ccccn2)c1. The van der Waals surface area contributed by atoms with E-state index in [-0.39, 0.29) is 36.7 Å². The number of carbonyl (C=O) groups excluding carboxylic acids is 2. The fourth-order valence-corrected chi connectivity index (χ4v) is 5.38. The average molecular weight is 593 g/mol. The standard InChI is InChI=1S/C37H44N4O3/c1-25(2)19-32(27-11-9-13-29(21-27)34-15-5-7-17-38-34)36(43)40-23-31(42)24-41-37(44)33(20-26(3)4)28-12-10-14-30(22-28)35-16-6-8-18-39-35/h5-18,21-22,25-26,31-33,42H,19-20,23-24H2,1-4H3,(H,40,43)(H,41,44). The molecule has 230 valence electrons. The van der Waals surface area contributed by atoms with Crippen molar-refractivity contribution in [3.8, 4) is 22.5 Å². The minimum Gasteiger partial charge on any atom is -0.389 e. The van der Waals surface area contributed by atoms with Gasteiger partial charge in [-0.15, -0.1) is 0 Å². The first-order valence-corrected chi connectivity index (χ1v) is 15.5. The van der Waals surface area contributed by atoms with Crippen molar-refractivity contribution in [2.45, 2.75) is 58.5 Å². The molecule has 0 aliphatic heterocycles. The molecule has 0 aliphatic carbocycles. The van der Waals surface area contributed by atoms with Gasteiger partial charge in [0.25, 0.3) is 0 Å². The van der Waals surface area contributed by atoms with E-state index >= 15 is 0 Å². The molecule has 0 bridgehead atoms. The van der Waals surface area contributed by atoms with Crippen LogP contribution < -0.4 is 10.6 Å². The summed E-state index contributed by atoms with van der Waals surface area (Å²) >= 11 is 0. The monoisotopic (exact) mass is 592 g/mol. The summed E-state index contributed by atoms with van der Waals surface area (Å²) in [7, 11) is 0. The molecule has 4 aromatic rings. The predicted octanol–water partition coefficient (Wildman–Crippen LogP) is 6.36. The van der Waals surface area contributed by atoms with E-state index in [9.17, 15) is 14.7 Å². The van der Waals surface area contributed by atoms with Crippen LogP contribution in [0.2, 0.25) is 0 Å². The minimum atomic E-state index is -0.929. The van der Waals surface area contributed by atoms with Crippen LogP contribution in [0.3, 0.4) is 0 Å². The summed E-state index contributed by atoms with van der Waals surface area (Å²) in [5, 5.41) is 16.6. The molecular formula is C37H44N4O3. The Hall–Kier alpha value is -4.36. The van der Waals surface area contributed by atoms with Crippen molar-refractivity contribution >= 4 is 11.8 Å². The Balaban J connectivity index is 1.38. The van der Waals surface area contributed by atoms with E-state index in [2.05, 4.69) is 48.3 Å². The number of aliphatic hydroxyl groups excluding tert-OH is 1. The van der Waals surface area contributed by atoms with Gasteiger partial charge >= 0.3 is 0 Å². The number of carbonyl (C=O) groups is 2. The molecule has 2 amide bonds. The second kappa shape index (κ2) is 15.9. The molecule has 2 aromatic carbocycles. The molecule has 44 heavy (non-hydrogen) atoms. The first kappa shape index (κ1) is 32.6. The topological polar surface area (TPSA) is 104 Å². The van der Waals surface area contributed by atoms with E-state index in [0.717, 1.165) is 33.6 Å². The lowest BCUT2D eigenvalue weighted by Gasteiger charge is -2.22. The number of amides is 2. The Morgan fingerprint density at radius 2 is 1.07 bits per heavy atom. The van der Waals surface area contributed by atoms with Gasteiger partial charge in [-0.25, -0.2) is 0 Å². The number of aliphatic hydroxyl groups is 1. The first-order chi connectivity index (χ1) is 21.2. The summed E-state index contributed by atoms with van der Waals surface area (Å²) < 4.78 is 0. The number of rotatable bonds is 14. The Morgan fingerprint density at radius 1 is 0.636 bits per heavy atom. The molecule has 0 aliphatic rings. The molecule has 2 unspecified atom stereocenters. The zero-order valence-electron chi connectivity index (χ0n) is 26.1. The summed E-state index contributed by atoms with van der Waals surface area (Å²) in [6, 6.07) is 27.4. The van der Waals surface area contributed by atoms with E-state index in [1.807, 2.05) is 84.9 Å². The summed E-state index contributed by atoms with van der Waals surface area (Å²) in [6.45, 7) is 8.44. The second-order valence-corrected chi connectivity index (χ2v) is 12.2. The minimum absolute atomic E-state index is 0.0393. The van der Waals surface area contributed by atoms with Crippen LogP contribution in [0.4, 0.5) is 0 Å². The van der Waals surface area contributed by atoms with Crippen LogP contribution in [0.1, 0.15) is 63.5 Å². The molecule has 2 heterocycles. The molecule has 2 atom stereocenters. The molecule has 0 radical (unpaired) electrons. The Kier molecular flexibility index (Phi) is 11.8. The Morgan fingerprint density at radius 3 is 1.43 bits per heavy atom. The lowest BCUT2D eigenvalue weighted by atomic mass is 9.88. The van der Waals surface area contributed by atoms with Gasteiger partial charge in [-0.05, 0) is 72.2 Å². The fourth-order valence-electron chi connectivity index (χ4n) is 5.38. The van der Waals surface area contributed by atoms with Crippen LogP contribution in [0.5, 0.6) is 0 Å². The lowest BCUT2D eigenvalue weighted by molar-refractivity contribution is -0.123. The van der Waals surface area contributed by atoms with Gasteiger partial charge in [0.2, 0.25) is 11.8 Å². The number of hydrogen-bond donors (Lipinski definition) is 3. The van der Waals surface area contributed by atoms with Gasteiger partial charge in [0, 0.05) is 36.6 Å². The average Bonchev–Trinajstić information content (AvgIpc) is 3.04. The van der Waals surface area contributed by atoms with Crippen LogP contribution in [-0.4, -0.2) is 46.1 Å². The van der Waals surface area contributed by atoms with Crippen molar-refractivity contribution in [3.05, 3.63) is 108 Å². The molecule has 3 N–H and O–H groups in total. The number of nitrogens with one attached hydrogen (secondary N) is 2. The van der Waals surface area contributed by atoms with Crippen LogP contribution in [-0.2, 0) is 9.59 Å². The van der Waals surface area contributed by atoms with Gasteiger partial charge in [0.15, 0.2) is 0 Å². The van der Waals surface area contributed by atoms with Gasteiger partial charge < -0.3 is 15.7 Å². The summed E-state index contributed by atoms with van der Waals surface area (Å²) in [5.41, 5.74) is 5.42. The normalized spacial score (nSPS) is 13.3. The van der Waals surface area contributed by atoms with Gasteiger partial charge in [-0.1, -0.05) is 76.2 Å². The fraction of sp³-hybridized carbons (Fsp3) is 0.351. The second-order valence-electron chi connectivity index (χ2n) is 12.2. The van der Waals surface area contributed by atoms with E-state index < -0.39 is 6.10 Å². The highest BCUT2D eigenvalue weighted by molar-refractivity contribution is 5.85. The van der Waals surface area contributed by atoms with Crippen LogP contribution in [0.15, 0.2) is 97.3 Å². The Bertz CT molecular complexity index is 1380. The largest absolute Gasteiger partial charge is 0.389 e. The third-order valence-electron chi connectivity index (χ3n) is 7.57. The summed E-state index contributed by atoms with van der Waals surface area (Å²) in [4.78, 5) is 35.7. The maximum absolute atomic E-state index is 13.4. The molecule has 0 saturated carbocycles. The summed E-state index contributed by atoms with van der Waals surface area (Å²) in [6.07, 6.45) is 3.91. The molecule has 0 fully saturated rings. The molecule has 7 heteroatoms. The number of aromatic nitrogens is 2. The quantitative estimate of drug-likeness (QED) is 0.158. The number of nitrogens with zero attached hydrogens (tertiary/aromatic N) is 2. The third kappa shape index (κ3) is 9.32. The lowest BCUT2D eigenvalue weighted by Crippen LogP contribution is -2.42. The molecule has 0 saturated heterocycles. The van der Waals surface area contributed by atoms with Crippen LogP contribution >= 0.6 is 0 Å². The maximum atomic E-state index is 13.4. The number of hydrogen-bond acceptors (Lipinski definition) is 5.